The Morgan fingerprint density at radius 1 is 1.00 bits per heavy atom. The number of fused-ring (bicyclic) bond motifs is 1. The first-order valence-corrected chi connectivity index (χ1v) is 14.9. The topological polar surface area (TPSA) is 136 Å². The minimum Gasteiger partial charge on any atom is -0.497 e. The summed E-state index contributed by atoms with van der Waals surface area (Å²) >= 11 is 0. The molecule has 2 atom stereocenters. The molecule has 11 heteroatoms. The number of carboxylic acid groups (broad SMARTS) is 1. The van der Waals surface area contributed by atoms with Crippen LogP contribution in [0, 0.1) is 0 Å². The number of hydrogen-bond acceptors (Lipinski definition) is 7. The molecule has 44 heavy (non-hydrogen) atoms. The van der Waals surface area contributed by atoms with Crippen molar-refractivity contribution < 1.29 is 29.0 Å². The number of hydrogen-bond donors (Lipinski definition) is 2. The molecule has 1 saturated heterocycles. The summed E-state index contributed by atoms with van der Waals surface area (Å²) in [4.78, 5) is 46.1. The summed E-state index contributed by atoms with van der Waals surface area (Å²) in [5, 5.41) is 16.0. The van der Waals surface area contributed by atoms with Crippen LogP contribution < -0.4 is 10.1 Å². The molecule has 228 valence electrons. The maximum absolute atomic E-state index is 14.7. The van der Waals surface area contributed by atoms with Crippen LogP contribution in [-0.4, -0.2) is 68.5 Å². The second-order valence-electron chi connectivity index (χ2n) is 11.4. The molecule has 2 amide bonds. The third kappa shape index (κ3) is 5.74. The summed E-state index contributed by atoms with van der Waals surface area (Å²) in [7, 11) is 1.62. The largest absolute Gasteiger partial charge is 0.497 e. The predicted octanol–water partition coefficient (Wildman–Crippen LogP) is 4.99. The zero-order valence-electron chi connectivity index (χ0n) is 24.5. The molecule has 2 aromatic heterocycles. The van der Waals surface area contributed by atoms with Crippen LogP contribution in [-0.2, 0) is 26.3 Å². The third-order valence-corrected chi connectivity index (χ3v) is 8.77. The minimum atomic E-state index is -1.23. The van der Waals surface area contributed by atoms with Gasteiger partial charge in [-0.25, -0.2) is 9.78 Å². The Bertz CT molecular complexity index is 1650. The lowest BCUT2D eigenvalue weighted by Crippen LogP contribution is -2.52. The minimum absolute atomic E-state index is 0.0699. The number of pyridine rings is 1. The van der Waals surface area contributed by atoms with E-state index in [1.54, 1.807) is 18.1 Å². The van der Waals surface area contributed by atoms with E-state index in [1.807, 2.05) is 54.6 Å². The van der Waals surface area contributed by atoms with E-state index in [0.717, 1.165) is 40.8 Å². The van der Waals surface area contributed by atoms with E-state index in [4.69, 9.17) is 9.47 Å². The van der Waals surface area contributed by atoms with Crippen LogP contribution in [0.25, 0.3) is 11.0 Å². The van der Waals surface area contributed by atoms with Gasteiger partial charge >= 0.3 is 6.09 Å². The van der Waals surface area contributed by atoms with Crippen molar-refractivity contribution in [2.24, 2.45) is 0 Å². The lowest BCUT2D eigenvalue weighted by atomic mass is 9.68. The summed E-state index contributed by atoms with van der Waals surface area (Å²) in [6.45, 7) is 0.663. The van der Waals surface area contributed by atoms with E-state index in [0.29, 0.717) is 43.4 Å². The monoisotopic (exact) mass is 597 g/mol. The number of rotatable bonds is 8. The standard InChI is InChI=1S/C33H35N5O6/c1-43-24-12-10-23(11-13-24)33(16-6-3-7-17-33)31(40)37-20-25(44-21-22-8-4-2-5-9-22)18-28(37)30(39)36-29-15-14-27-26(35-29)19-34-38(27)32(41)42/h2,4-5,8-15,19,25,28H,3,6-7,16-18,20-21H2,1H3,(H,41,42)(H,35,36,39)/t25-,28+/m0/s1. The van der Waals surface area contributed by atoms with E-state index in [2.05, 4.69) is 15.4 Å². The van der Waals surface area contributed by atoms with Gasteiger partial charge in [0.05, 0.1) is 36.9 Å². The van der Waals surface area contributed by atoms with Gasteiger partial charge in [0.15, 0.2) is 0 Å². The predicted molar refractivity (Wildman–Crippen MR) is 162 cm³/mol. The number of benzene rings is 2. The Hall–Kier alpha value is -4.77. The van der Waals surface area contributed by atoms with Gasteiger partial charge in [0.1, 0.15) is 23.1 Å². The van der Waals surface area contributed by atoms with Gasteiger partial charge in [0.2, 0.25) is 11.8 Å². The van der Waals surface area contributed by atoms with Gasteiger partial charge in [0, 0.05) is 13.0 Å². The van der Waals surface area contributed by atoms with Crippen molar-refractivity contribution in [2.75, 3.05) is 19.0 Å². The molecule has 0 unspecified atom stereocenters. The van der Waals surface area contributed by atoms with Crippen LogP contribution in [0.5, 0.6) is 5.75 Å². The molecule has 2 aliphatic rings. The van der Waals surface area contributed by atoms with Crippen molar-refractivity contribution in [3.63, 3.8) is 0 Å². The second kappa shape index (κ2) is 12.5. The molecule has 0 spiro atoms. The van der Waals surface area contributed by atoms with Crippen molar-refractivity contribution in [1.29, 1.82) is 0 Å². The lowest BCUT2D eigenvalue weighted by molar-refractivity contribution is -0.143. The zero-order valence-corrected chi connectivity index (χ0v) is 24.5. The van der Waals surface area contributed by atoms with Crippen molar-refractivity contribution in [3.8, 4) is 5.75 Å². The fourth-order valence-electron chi connectivity index (χ4n) is 6.49. The van der Waals surface area contributed by atoms with Gasteiger partial charge in [-0.15, -0.1) is 0 Å². The maximum atomic E-state index is 14.7. The van der Waals surface area contributed by atoms with E-state index in [1.165, 1.54) is 12.3 Å². The van der Waals surface area contributed by atoms with Crippen LogP contribution in [0.1, 0.15) is 49.7 Å². The molecule has 11 nitrogen and oxygen atoms in total. The van der Waals surface area contributed by atoms with Crippen molar-refractivity contribution >= 4 is 34.8 Å². The first kappa shape index (κ1) is 29.3. The number of carbonyl (C=O) groups is 3. The third-order valence-electron chi connectivity index (χ3n) is 8.77. The van der Waals surface area contributed by atoms with Crippen LogP contribution in [0.3, 0.4) is 0 Å². The summed E-state index contributed by atoms with van der Waals surface area (Å²) in [5.74, 6) is 0.524. The molecule has 0 bridgehead atoms. The van der Waals surface area contributed by atoms with E-state index in [-0.39, 0.29) is 23.7 Å². The average molecular weight is 598 g/mol. The van der Waals surface area contributed by atoms with Crippen LogP contribution in [0.15, 0.2) is 72.9 Å². The SMILES string of the molecule is COc1ccc(C2(C(=O)N3C[C@@H](OCc4ccccc4)C[C@@H]3C(=O)Nc3ccc4c(cnn4C(=O)O)n3)CCCCC2)cc1. The van der Waals surface area contributed by atoms with Crippen molar-refractivity contribution in [2.45, 2.75) is 62.7 Å². The van der Waals surface area contributed by atoms with Gasteiger partial charge in [0.25, 0.3) is 0 Å². The number of aromatic nitrogens is 3. The van der Waals surface area contributed by atoms with Crippen LogP contribution in [0.2, 0.25) is 0 Å². The highest BCUT2D eigenvalue weighted by Gasteiger charge is 2.49. The highest BCUT2D eigenvalue weighted by atomic mass is 16.5. The number of ether oxygens (including phenoxy) is 2. The number of anilines is 1. The summed E-state index contributed by atoms with van der Waals surface area (Å²) < 4.78 is 12.5. The van der Waals surface area contributed by atoms with E-state index < -0.39 is 17.6 Å². The molecule has 1 aliphatic heterocycles. The molecule has 4 aromatic rings. The Labute approximate surface area is 254 Å². The van der Waals surface area contributed by atoms with Crippen LogP contribution in [0.4, 0.5) is 10.6 Å². The number of nitrogens with zero attached hydrogens (tertiary/aromatic N) is 4. The zero-order chi connectivity index (χ0) is 30.7. The Morgan fingerprint density at radius 2 is 1.75 bits per heavy atom. The van der Waals surface area contributed by atoms with Crippen molar-refractivity contribution in [3.05, 3.63) is 84.1 Å². The molecular weight excluding hydrogens is 562 g/mol. The lowest BCUT2D eigenvalue weighted by Gasteiger charge is -2.40. The first-order valence-electron chi connectivity index (χ1n) is 14.9. The number of nitrogens with one attached hydrogen (secondary N) is 1. The normalized spacial score (nSPS) is 19.5. The van der Waals surface area contributed by atoms with Gasteiger partial charge in [-0.2, -0.15) is 9.78 Å². The molecule has 2 aromatic carbocycles. The number of methoxy groups -OCH3 is 1. The average Bonchev–Trinajstić information content (AvgIpc) is 3.69. The fourth-order valence-corrected chi connectivity index (χ4v) is 6.49. The van der Waals surface area contributed by atoms with Gasteiger partial charge in [-0.05, 0) is 48.2 Å². The number of amides is 2. The maximum Gasteiger partial charge on any atom is 0.432 e. The summed E-state index contributed by atoms with van der Waals surface area (Å²) in [6, 6.07) is 19.8. The highest BCUT2D eigenvalue weighted by Crippen LogP contribution is 2.43. The second-order valence-corrected chi connectivity index (χ2v) is 11.4. The molecule has 1 aliphatic carbocycles. The van der Waals surface area contributed by atoms with Gasteiger partial charge < -0.3 is 24.8 Å². The van der Waals surface area contributed by atoms with Gasteiger partial charge in [-0.3, -0.25) is 9.59 Å². The molecule has 3 heterocycles. The Kier molecular flexibility index (Phi) is 8.30. The quantitative estimate of drug-likeness (QED) is 0.290. The van der Waals surface area contributed by atoms with E-state index >= 15 is 0 Å². The molecule has 6 rings (SSSR count). The number of likely N-dealkylation sites (tertiary alicyclic amines) is 1. The van der Waals surface area contributed by atoms with E-state index in [9.17, 15) is 19.5 Å². The fraction of sp³-hybridized carbons (Fsp3) is 0.364. The first-order chi connectivity index (χ1) is 21.4. The Balaban J connectivity index is 1.28. The molecular formula is C33H35N5O6. The van der Waals surface area contributed by atoms with Crippen molar-refractivity contribution in [1.82, 2.24) is 19.7 Å². The van der Waals surface area contributed by atoms with Gasteiger partial charge in [-0.1, -0.05) is 61.7 Å². The molecule has 1 saturated carbocycles. The molecule has 0 radical (unpaired) electrons. The number of carbonyl (C=O) groups excluding carboxylic acids is 2. The highest BCUT2D eigenvalue weighted by molar-refractivity contribution is 5.99. The smallest absolute Gasteiger partial charge is 0.432 e. The van der Waals surface area contributed by atoms with Crippen LogP contribution >= 0.6 is 0 Å². The molecule has 2 N–H and O–H groups in total. The Morgan fingerprint density at radius 3 is 2.45 bits per heavy atom. The molecule has 2 fully saturated rings. The summed E-state index contributed by atoms with van der Waals surface area (Å²) in [6.07, 6.45) is 4.40. The summed E-state index contributed by atoms with van der Waals surface area (Å²) in [5.41, 5.74) is 1.83.